The first-order chi connectivity index (χ1) is 20.1. The van der Waals surface area contributed by atoms with E-state index in [1.807, 2.05) is 31.2 Å². The van der Waals surface area contributed by atoms with Crippen molar-refractivity contribution in [2.75, 3.05) is 19.8 Å². The van der Waals surface area contributed by atoms with Crippen LogP contribution in [0, 0.1) is 0 Å². The lowest BCUT2D eigenvalue weighted by atomic mass is 10.0. The molecule has 0 amide bonds. The predicted octanol–water partition coefficient (Wildman–Crippen LogP) is 8.96. The monoisotopic (exact) mass is 636 g/mol. The second-order valence-electron chi connectivity index (χ2n) is 9.84. The van der Waals surface area contributed by atoms with E-state index in [2.05, 4.69) is 19.4 Å². The number of unbranched alkanes of at least 4 members (excludes halogenated alkanes) is 4. The number of hydrogen-bond acceptors (Lipinski definition) is 5. The summed E-state index contributed by atoms with van der Waals surface area (Å²) in [5.41, 5.74) is 1.80. The smallest absolute Gasteiger partial charge is 0.483 e. The van der Waals surface area contributed by atoms with E-state index in [9.17, 15) is 43.9 Å². The quantitative estimate of drug-likeness (QED) is 0.107. The van der Waals surface area contributed by atoms with Crippen LogP contribution in [0.5, 0.6) is 5.75 Å². The Bertz CT molecular complexity index is 1070. The maximum absolute atomic E-state index is 13.5. The summed E-state index contributed by atoms with van der Waals surface area (Å²) in [6.45, 7) is -0.272. The highest BCUT2D eigenvalue weighted by Crippen LogP contribution is 2.45. The number of benzene rings is 1. The fourth-order valence-corrected chi connectivity index (χ4v) is 3.69. The summed E-state index contributed by atoms with van der Waals surface area (Å²) >= 11 is 0. The Morgan fingerprint density at radius 2 is 1.35 bits per heavy atom. The molecule has 5 nitrogen and oxygen atoms in total. The van der Waals surface area contributed by atoms with Crippen molar-refractivity contribution >= 4 is 0 Å². The number of halogens is 10. The van der Waals surface area contributed by atoms with Gasteiger partial charge in [-0.25, -0.2) is 19.1 Å². The van der Waals surface area contributed by atoms with Gasteiger partial charge in [0.25, 0.3) is 0 Å². The molecule has 0 fully saturated rings. The summed E-state index contributed by atoms with van der Waals surface area (Å²) in [5, 5.41) is 0. The molecule has 1 atom stereocenters. The van der Waals surface area contributed by atoms with E-state index >= 15 is 0 Å². The van der Waals surface area contributed by atoms with Crippen LogP contribution in [0.15, 0.2) is 36.7 Å². The average molecular weight is 637 g/mol. The number of aryl methyl sites for hydroxylation is 1. The molecule has 0 saturated carbocycles. The first-order valence-electron chi connectivity index (χ1n) is 13.7. The van der Waals surface area contributed by atoms with Gasteiger partial charge in [-0.05, 0) is 50.5 Å². The van der Waals surface area contributed by atoms with Crippen LogP contribution in [0.3, 0.4) is 0 Å². The topological polar surface area (TPSA) is 53.5 Å². The zero-order valence-corrected chi connectivity index (χ0v) is 23.4. The Morgan fingerprint density at radius 3 is 1.95 bits per heavy atom. The van der Waals surface area contributed by atoms with E-state index in [0.717, 1.165) is 24.0 Å². The van der Waals surface area contributed by atoms with Crippen molar-refractivity contribution in [2.24, 2.45) is 0 Å². The molecule has 43 heavy (non-hydrogen) atoms. The second-order valence-corrected chi connectivity index (χ2v) is 9.84. The standard InChI is InChI=1S/C28H34F10N2O3/c1-2-22(29)10-6-8-16-42-23-17-39-24(40-18-23)21-13-11-20(12-14-21)9-5-3-4-7-15-41-19-25(30,31)27(35,36)43-28(37,38)26(32,33)34/h11-14,17-18,22H,2-10,15-16,19H2,1H3/t22-/m1/s1. The summed E-state index contributed by atoms with van der Waals surface area (Å²) in [7, 11) is 0. The van der Waals surface area contributed by atoms with Gasteiger partial charge in [0.15, 0.2) is 11.6 Å². The first-order valence-corrected chi connectivity index (χ1v) is 13.7. The van der Waals surface area contributed by atoms with Crippen LogP contribution in [0.1, 0.15) is 63.9 Å². The van der Waals surface area contributed by atoms with Gasteiger partial charge in [0, 0.05) is 12.2 Å². The maximum Gasteiger partial charge on any atom is 0.483 e. The van der Waals surface area contributed by atoms with Gasteiger partial charge in [-0.1, -0.05) is 44.0 Å². The van der Waals surface area contributed by atoms with E-state index in [0.29, 0.717) is 56.7 Å². The lowest BCUT2D eigenvalue weighted by Crippen LogP contribution is -2.53. The highest BCUT2D eigenvalue weighted by atomic mass is 19.4. The molecule has 0 spiro atoms. The van der Waals surface area contributed by atoms with Crippen LogP contribution in [0.25, 0.3) is 11.4 Å². The lowest BCUT2D eigenvalue weighted by Gasteiger charge is -2.30. The zero-order valence-electron chi connectivity index (χ0n) is 23.4. The van der Waals surface area contributed by atoms with Crippen LogP contribution < -0.4 is 4.74 Å². The Morgan fingerprint density at radius 1 is 0.744 bits per heavy atom. The van der Waals surface area contributed by atoms with Gasteiger partial charge in [0.2, 0.25) is 0 Å². The van der Waals surface area contributed by atoms with E-state index < -0.39 is 43.7 Å². The van der Waals surface area contributed by atoms with E-state index in [1.54, 1.807) is 12.4 Å². The molecule has 1 heterocycles. The molecular formula is C28H34F10N2O3. The third kappa shape index (κ3) is 12.1. The molecule has 1 aromatic heterocycles. The van der Waals surface area contributed by atoms with Crippen LogP contribution in [0.4, 0.5) is 43.9 Å². The molecule has 2 aromatic rings. The van der Waals surface area contributed by atoms with Crippen LogP contribution in [0.2, 0.25) is 0 Å². The van der Waals surface area contributed by atoms with Gasteiger partial charge in [-0.2, -0.15) is 39.5 Å². The normalized spacial score (nSPS) is 13.7. The summed E-state index contributed by atoms with van der Waals surface area (Å²) < 4.78 is 140. The zero-order chi connectivity index (χ0) is 32.2. The number of aromatic nitrogens is 2. The molecule has 0 unspecified atom stereocenters. The largest absolute Gasteiger partial charge is 0.490 e. The van der Waals surface area contributed by atoms with Gasteiger partial charge in [-0.15, -0.1) is 0 Å². The minimum Gasteiger partial charge on any atom is -0.490 e. The van der Waals surface area contributed by atoms with Crippen molar-refractivity contribution in [3.8, 4) is 17.1 Å². The van der Waals surface area contributed by atoms with Crippen LogP contribution >= 0.6 is 0 Å². The number of ether oxygens (including phenoxy) is 3. The Hall–Kier alpha value is -2.68. The molecule has 0 aliphatic rings. The third-order valence-corrected chi connectivity index (χ3v) is 6.26. The molecule has 0 radical (unpaired) electrons. The predicted molar refractivity (Wildman–Crippen MR) is 137 cm³/mol. The van der Waals surface area contributed by atoms with E-state index in [1.165, 1.54) is 0 Å². The minimum atomic E-state index is -6.59. The van der Waals surface area contributed by atoms with Gasteiger partial charge < -0.3 is 9.47 Å². The fourth-order valence-electron chi connectivity index (χ4n) is 3.69. The summed E-state index contributed by atoms with van der Waals surface area (Å²) in [6, 6.07) is 7.50. The molecule has 1 aromatic carbocycles. The molecule has 15 heteroatoms. The summed E-state index contributed by atoms with van der Waals surface area (Å²) in [6.07, 6.45) is -11.6. The van der Waals surface area contributed by atoms with E-state index in [4.69, 9.17) is 4.74 Å². The second kappa shape index (κ2) is 16.4. The summed E-state index contributed by atoms with van der Waals surface area (Å²) in [5.74, 6) is -4.39. The Balaban J connectivity index is 1.64. The molecule has 244 valence electrons. The number of hydrogen-bond donors (Lipinski definition) is 0. The molecule has 0 N–H and O–H groups in total. The molecule has 0 aliphatic carbocycles. The van der Waals surface area contributed by atoms with Crippen molar-refractivity contribution < 1.29 is 58.1 Å². The average Bonchev–Trinajstić information content (AvgIpc) is 2.93. The van der Waals surface area contributed by atoms with Gasteiger partial charge in [-0.3, -0.25) is 0 Å². The molecule has 0 saturated heterocycles. The van der Waals surface area contributed by atoms with Crippen molar-refractivity contribution in [3.05, 3.63) is 42.2 Å². The highest BCUT2D eigenvalue weighted by Gasteiger charge is 2.70. The Labute approximate surface area is 242 Å². The highest BCUT2D eigenvalue weighted by molar-refractivity contribution is 5.55. The van der Waals surface area contributed by atoms with Crippen LogP contribution in [-0.4, -0.2) is 60.3 Å². The molecular weight excluding hydrogens is 602 g/mol. The fraction of sp³-hybridized carbons (Fsp3) is 0.643. The molecule has 0 aliphatic heterocycles. The van der Waals surface area contributed by atoms with Crippen molar-refractivity contribution in [1.29, 1.82) is 0 Å². The van der Waals surface area contributed by atoms with Gasteiger partial charge in [0.1, 0.15) is 6.61 Å². The number of alkyl halides is 10. The minimum absolute atomic E-state index is 0.175. The van der Waals surface area contributed by atoms with Crippen molar-refractivity contribution in [2.45, 2.75) is 95.2 Å². The van der Waals surface area contributed by atoms with Crippen molar-refractivity contribution in [1.82, 2.24) is 9.97 Å². The maximum atomic E-state index is 13.5. The third-order valence-electron chi connectivity index (χ3n) is 6.26. The lowest BCUT2D eigenvalue weighted by molar-refractivity contribution is -0.487. The van der Waals surface area contributed by atoms with Crippen molar-refractivity contribution in [3.63, 3.8) is 0 Å². The first kappa shape index (κ1) is 36.5. The van der Waals surface area contributed by atoms with Crippen LogP contribution in [-0.2, 0) is 15.9 Å². The summed E-state index contributed by atoms with van der Waals surface area (Å²) in [4.78, 5) is 8.60. The molecule has 2 rings (SSSR count). The Kier molecular flexibility index (Phi) is 13.9. The van der Waals surface area contributed by atoms with Gasteiger partial charge >= 0.3 is 24.3 Å². The SMILES string of the molecule is CC[C@@H](F)CCCCOc1cnc(-c2ccc(CCCCCCOCC(F)(F)C(F)(F)OC(F)(F)C(F)(F)F)cc2)nc1. The van der Waals surface area contributed by atoms with Gasteiger partial charge in [0.05, 0.1) is 25.2 Å². The molecule has 0 bridgehead atoms. The van der Waals surface area contributed by atoms with E-state index in [-0.39, 0.29) is 6.42 Å². The number of rotatable bonds is 20. The number of nitrogens with zero attached hydrogens (tertiary/aromatic N) is 2.